The van der Waals surface area contributed by atoms with Crippen LogP contribution in [0.15, 0.2) is 0 Å². The Labute approximate surface area is 168 Å². The van der Waals surface area contributed by atoms with Gasteiger partial charge in [0.1, 0.15) is 5.82 Å². The molecule has 1 aromatic heterocycles. The zero-order valence-electron chi connectivity index (χ0n) is 17.6. The van der Waals surface area contributed by atoms with Crippen LogP contribution in [0.4, 0.5) is 0 Å². The van der Waals surface area contributed by atoms with Crippen molar-refractivity contribution in [3.8, 4) is 0 Å². The molecule has 154 valence electrons. The molecule has 2 heterocycles. The average Bonchev–Trinajstić information content (AvgIpc) is 3.23. The van der Waals surface area contributed by atoms with E-state index in [4.69, 9.17) is 9.97 Å². The first-order valence-electron chi connectivity index (χ1n) is 10.9. The maximum Gasteiger partial charge on any atom is 0.225 e. The van der Waals surface area contributed by atoms with E-state index in [9.17, 15) is 9.59 Å². The van der Waals surface area contributed by atoms with Gasteiger partial charge < -0.3 is 10.2 Å². The molecular formula is C22H34N4O2. The molecular weight excluding hydrogens is 352 g/mol. The first-order valence-corrected chi connectivity index (χ1v) is 10.9. The molecule has 1 saturated heterocycles. The Kier molecular flexibility index (Phi) is 7.03. The van der Waals surface area contributed by atoms with E-state index in [1.807, 2.05) is 25.7 Å². The summed E-state index contributed by atoms with van der Waals surface area (Å²) in [6.07, 6.45) is 7.74. The summed E-state index contributed by atoms with van der Waals surface area (Å²) < 4.78 is 0. The van der Waals surface area contributed by atoms with Gasteiger partial charge in [0.15, 0.2) is 0 Å². The Morgan fingerprint density at radius 2 is 1.75 bits per heavy atom. The normalized spacial score (nSPS) is 20.4. The summed E-state index contributed by atoms with van der Waals surface area (Å²) in [5.41, 5.74) is 2.69. The van der Waals surface area contributed by atoms with Crippen molar-refractivity contribution in [1.29, 1.82) is 0 Å². The van der Waals surface area contributed by atoms with Gasteiger partial charge in [0.25, 0.3) is 0 Å². The van der Waals surface area contributed by atoms with Gasteiger partial charge in [0.2, 0.25) is 11.8 Å². The lowest BCUT2D eigenvalue weighted by Crippen LogP contribution is -2.42. The molecule has 1 atom stereocenters. The molecule has 2 aliphatic rings. The highest BCUT2D eigenvalue weighted by molar-refractivity contribution is 5.79. The number of aryl methyl sites for hydroxylation is 2. The van der Waals surface area contributed by atoms with Crippen molar-refractivity contribution in [2.24, 2.45) is 5.92 Å². The predicted octanol–water partition coefficient (Wildman–Crippen LogP) is 3.06. The number of piperidine rings is 1. The van der Waals surface area contributed by atoms with E-state index in [0.29, 0.717) is 18.9 Å². The van der Waals surface area contributed by atoms with Gasteiger partial charge in [-0.2, -0.15) is 0 Å². The Balaban J connectivity index is 1.69. The number of likely N-dealkylation sites (tertiary alicyclic amines) is 1. The van der Waals surface area contributed by atoms with Crippen LogP contribution in [0.5, 0.6) is 0 Å². The van der Waals surface area contributed by atoms with Crippen LogP contribution in [0.3, 0.4) is 0 Å². The van der Waals surface area contributed by atoms with Gasteiger partial charge in [-0.25, -0.2) is 9.97 Å². The number of nitrogens with one attached hydrogen (secondary N) is 1. The van der Waals surface area contributed by atoms with Crippen molar-refractivity contribution in [3.63, 3.8) is 0 Å². The van der Waals surface area contributed by atoms with Crippen LogP contribution in [0.2, 0.25) is 0 Å². The monoisotopic (exact) mass is 386 g/mol. The second-order valence-corrected chi connectivity index (χ2v) is 8.36. The topological polar surface area (TPSA) is 75.2 Å². The molecule has 2 fully saturated rings. The number of nitrogens with zero attached hydrogens (tertiary/aromatic N) is 3. The second-order valence-electron chi connectivity index (χ2n) is 8.36. The van der Waals surface area contributed by atoms with E-state index < -0.39 is 0 Å². The van der Waals surface area contributed by atoms with Crippen LogP contribution in [0.25, 0.3) is 0 Å². The van der Waals surface area contributed by atoms with Gasteiger partial charge >= 0.3 is 0 Å². The molecule has 0 bridgehead atoms. The van der Waals surface area contributed by atoms with Crippen molar-refractivity contribution in [2.75, 3.05) is 19.6 Å². The van der Waals surface area contributed by atoms with E-state index in [1.54, 1.807) is 0 Å². The molecule has 6 heteroatoms. The van der Waals surface area contributed by atoms with E-state index in [2.05, 4.69) is 5.32 Å². The average molecular weight is 387 g/mol. The van der Waals surface area contributed by atoms with Crippen LogP contribution in [0.1, 0.15) is 80.6 Å². The molecule has 1 aliphatic carbocycles. The lowest BCUT2D eigenvalue weighted by atomic mass is 9.94. The third kappa shape index (κ3) is 4.89. The molecule has 1 N–H and O–H groups in total. The molecule has 6 nitrogen and oxygen atoms in total. The van der Waals surface area contributed by atoms with Crippen molar-refractivity contribution in [2.45, 2.75) is 78.1 Å². The fourth-order valence-corrected chi connectivity index (χ4v) is 4.51. The van der Waals surface area contributed by atoms with Crippen LogP contribution in [-0.4, -0.2) is 46.3 Å². The number of hydrogen-bond donors (Lipinski definition) is 1. The first-order chi connectivity index (χ1) is 13.5. The molecule has 0 unspecified atom stereocenters. The zero-order chi connectivity index (χ0) is 20.1. The maximum absolute atomic E-state index is 12.8. The SMILES string of the molecule is CCCNC(=O)Cc1c(C)nc([C@@H]2CCCN(C(=O)C3CCCC3)C2)nc1C. The van der Waals surface area contributed by atoms with Gasteiger partial charge in [-0.3, -0.25) is 9.59 Å². The first kappa shape index (κ1) is 20.7. The van der Waals surface area contributed by atoms with E-state index in [-0.39, 0.29) is 17.7 Å². The highest BCUT2D eigenvalue weighted by Gasteiger charge is 2.32. The van der Waals surface area contributed by atoms with E-state index >= 15 is 0 Å². The molecule has 2 amide bonds. The smallest absolute Gasteiger partial charge is 0.225 e. The van der Waals surface area contributed by atoms with Gasteiger partial charge in [0.05, 0.1) is 6.42 Å². The van der Waals surface area contributed by atoms with Crippen molar-refractivity contribution >= 4 is 11.8 Å². The predicted molar refractivity (Wildman–Crippen MR) is 109 cm³/mol. The van der Waals surface area contributed by atoms with E-state index in [1.165, 1.54) is 12.8 Å². The number of carbonyl (C=O) groups is 2. The van der Waals surface area contributed by atoms with Crippen LogP contribution in [-0.2, 0) is 16.0 Å². The summed E-state index contributed by atoms with van der Waals surface area (Å²) in [7, 11) is 0. The lowest BCUT2D eigenvalue weighted by Gasteiger charge is -2.34. The number of rotatable bonds is 6. The molecule has 0 aromatic carbocycles. The second kappa shape index (κ2) is 9.48. The summed E-state index contributed by atoms with van der Waals surface area (Å²) in [5.74, 6) is 1.61. The zero-order valence-corrected chi connectivity index (χ0v) is 17.6. The van der Waals surface area contributed by atoms with Crippen LogP contribution < -0.4 is 5.32 Å². The number of hydrogen-bond acceptors (Lipinski definition) is 4. The third-order valence-corrected chi connectivity index (χ3v) is 6.15. The largest absolute Gasteiger partial charge is 0.356 e. The number of amides is 2. The highest BCUT2D eigenvalue weighted by atomic mass is 16.2. The molecule has 1 aromatic rings. The van der Waals surface area contributed by atoms with Gasteiger partial charge in [0, 0.05) is 48.4 Å². The molecule has 0 spiro atoms. The quantitative estimate of drug-likeness (QED) is 0.815. The highest BCUT2D eigenvalue weighted by Crippen LogP contribution is 2.31. The Bertz CT molecular complexity index is 689. The summed E-state index contributed by atoms with van der Waals surface area (Å²) in [6.45, 7) is 8.25. The fourth-order valence-electron chi connectivity index (χ4n) is 4.51. The summed E-state index contributed by atoms with van der Waals surface area (Å²) in [4.78, 5) is 36.5. The van der Waals surface area contributed by atoms with Crippen LogP contribution in [0, 0.1) is 19.8 Å². The number of carbonyl (C=O) groups excluding carboxylic acids is 2. The summed E-state index contributed by atoms with van der Waals surface area (Å²) >= 11 is 0. The minimum absolute atomic E-state index is 0.0235. The fraction of sp³-hybridized carbons (Fsp3) is 0.727. The molecule has 1 saturated carbocycles. The molecule has 0 radical (unpaired) electrons. The third-order valence-electron chi connectivity index (χ3n) is 6.15. The lowest BCUT2D eigenvalue weighted by molar-refractivity contribution is -0.136. The Morgan fingerprint density at radius 3 is 2.39 bits per heavy atom. The van der Waals surface area contributed by atoms with Crippen LogP contribution >= 0.6 is 0 Å². The maximum atomic E-state index is 12.8. The number of aromatic nitrogens is 2. The standard InChI is InChI=1S/C22H34N4O2/c1-4-11-23-20(27)13-19-15(2)24-21(25-16(19)3)18-10-7-12-26(14-18)22(28)17-8-5-6-9-17/h17-18H,4-14H2,1-3H3,(H,23,27)/t18-/m1/s1. The Hall–Kier alpha value is -1.98. The molecule has 28 heavy (non-hydrogen) atoms. The van der Waals surface area contributed by atoms with Gasteiger partial charge in [-0.1, -0.05) is 19.8 Å². The van der Waals surface area contributed by atoms with E-state index in [0.717, 1.165) is 68.0 Å². The van der Waals surface area contributed by atoms with Crippen molar-refractivity contribution < 1.29 is 9.59 Å². The minimum atomic E-state index is 0.0235. The molecule has 3 rings (SSSR count). The van der Waals surface area contributed by atoms with Crippen molar-refractivity contribution in [1.82, 2.24) is 20.2 Å². The summed E-state index contributed by atoms with van der Waals surface area (Å²) in [6, 6.07) is 0. The summed E-state index contributed by atoms with van der Waals surface area (Å²) in [5, 5.41) is 2.92. The van der Waals surface area contributed by atoms with Gasteiger partial charge in [-0.15, -0.1) is 0 Å². The van der Waals surface area contributed by atoms with Crippen molar-refractivity contribution in [3.05, 3.63) is 22.8 Å². The van der Waals surface area contributed by atoms with Gasteiger partial charge in [-0.05, 0) is 46.0 Å². The minimum Gasteiger partial charge on any atom is -0.356 e. The Morgan fingerprint density at radius 1 is 1.07 bits per heavy atom. The molecule has 1 aliphatic heterocycles.